The predicted octanol–water partition coefficient (Wildman–Crippen LogP) is 3.21. The van der Waals surface area contributed by atoms with Crippen molar-refractivity contribution >= 4 is 50.2 Å². The highest BCUT2D eigenvalue weighted by Crippen LogP contribution is 2.30. The van der Waals surface area contributed by atoms with Crippen molar-refractivity contribution in [1.82, 2.24) is 24.5 Å². The lowest BCUT2D eigenvalue weighted by Crippen LogP contribution is -2.23. The lowest BCUT2D eigenvalue weighted by atomic mass is 10.3. The summed E-state index contributed by atoms with van der Waals surface area (Å²) in [6.45, 7) is 1.41. The minimum atomic E-state index is 0.665. The molecule has 0 fully saturated rings. The summed E-state index contributed by atoms with van der Waals surface area (Å²) in [5, 5.41) is 8.16. The van der Waals surface area contributed by atoms with E-state index in [2.05, 4.69) is 29.4 Å². The molecule has 110 valence electrons. The second kappa shape index (κ2) is 6.03. The molecule has 0 aliphatic heterocycles. The summed E-state index contributed by atoms with van der Waals surface area (Å²) in [4.78, 5) is 16.4. The highest BCUT2D eigenvalue weighted by atomic mass is 32.1. The lowest BCUT2D eigenvalue weighted by Gasteiger charge is -2.22. The first-order valence-corrected chi connectivity index (χ1v) is 9.06. The highest BCUT2D eigenvalue weighted by molar-refractivity contribution is 7.17. The minimum absolute atomic E-state index is 0.665. The summed E-state index contributed by atoms with van der Waals surface area (Å²) in [6, 6.07) is 2.01. The number of hydrogen-bond donors (Lipinski definition) is 0. The van der Waals surface area contributed by atoms with Crippen molar-refractivity contribution in [2.24, 2.45) is 0 Å². The SMILES string of the molecule is c1nc(N(Cc2csnn2)Cc2cncs2)c2sccc2n1. The maximum absolute atomic E-state index is 4.51. The van der Waals surface area contributed by atoms with E-state index in [1.165, 1.54) is 16.4 Å². The third kappa shape index (κ3) is 2.70. The zero-order chi connectivity index (χ0) is 14.8. The summed E-state index contributed by atoms with van der Waals surface area (Å²) in [6.07, 6.45) is 3.51. The standard InChI is InChI=1S/C13H10N6S3/c1-2-20-12-11(1)15-7-16-13(12)19(4-9-6-22-18-17-9)5-10-3-14-8-21-10/h1-3,6-8H,4-5H2. The Morgan fingerprint density at radius 1 is 1.14 bits per heavy atom. The molecule has 4 rings (SSSR count). The Morgan fingerprint density at radius 2 is 2.14 bits per heavy atom. The number of rotatable bonds is 5. The molecule has 4 heterocycles. The van der Waals surface area contributed by atoms with Crippen molar-refractivity contribution in [1.29, 1.82) is 0 Å². The Bertz CT molecular complexity index is 819. The van der Waals surface area contributed by atoms with Gasteiger partial charge in [0.05, 0.1) is 34.5 Å². The van der Waals surface area contributed by atoms with Crippen LogP contribution in [0.4, 0.5) is 5.82 Å². The van der Waals surface area contributed by atoms with Crippen molar-refractivity contribution in [3.63, 3.8) is 0 Å². The Hall–Kier alpha value is -1.97. The van der Waals surface area contributed by atoms with Crippen LogP contribution in [0.5, 0.6) is 0 Å². The topological polar surface area (TPSA) is 67.7 Å². The molecule has 0 spiro atoms. The fraction of sp³-hybridized carbons (Fsp3) is 0.154. The first-order chi connectivity index (χ1) is 10.9. The van der Waals surface area contributed by atoms with Crippen LogP contribution in [0.1, 0.15) is 10.6 Å². The number of anilines is 1. The van der Waals surface area contributed by atoms with Crippen LogP contribution in [0.2, 0.25) is 0 Å². The lowest BCUT2D eigenvalue weighted by molar-refractivity contribution is 0.772. The second-order valence-corrected chi connectivity index (χ2v) is 7.05. The van der Waals surface area contributed by atoms with Gasteiger partial charge in [0.25, 0.3) is 0 Å². The summed E-state index contributed by atoms with van der Waals surface area (Å²) in [5.74, 6) is 0.932. The van der Waals surface area contributed by atoms with Gasteiger partial charge in [-0.25, -0.2) is 9.97 Å². The smallest absolute Gasteiger partial charge is 0.150 e. The molecule has 0 radical (unpaired) electrons. The zero-order valence-corrected chi connectivity index (χ0v) is 13.7. The van der Waals surface area contributed by atoms with Crippen molar-refractivity contribution in [2.75, 3.05) is 4.90 Å². The molecule has 0 N–H and O–H groups in total. The fourth-order valence-electron chi connectivity index (χ4n) is 2.16. The number of fused-ring (bicyclic) bond motifs is 1. The average molecular weight is 346 g/mol. The zero-order valence-electron chi connectivity index (χ0n) is 11.3. The second-order valence-electron chi connectivity index (χ2n) is 4.55. The average Bonchev–Trinajstić information content (AvgIpc) is 3.28. The van der Waals surface area contributed by atoms with E-state index in [0.717, 1.165) is 28.3 Å². The van der Waals surface area contributed by atoms with E-state index in [1.54, 1.807) is 29.0 Å². The Labute approximate surface area is 138 Å². The number of nitrogens with zero attached hydrogens (tertiary/aromatic N) is 6. The number of hydrogen-bond acceptors (Lipinski definition) is 9. The number of aromatic nitrogens is 5. The maximum atomic E-state index is 4.51. The van der Waals surface area contributed by atoms with Gasteiger partial charge in [0.1, 0.15) is 6.33 Å². The summed E-state index contributed by atoms with van der Waals surface area (Å²) in [7, 11) is 0. The molecule has 0 aliphatic rings. The van der Waals surface area contributed by atoms with Gasteiger partial charge < -0.3 is 4.90 Å². The summed E-state index contributed by atoms with van der Waals surface area (Å²) < 4.78 is 5.04. The van der Waals surface area contributed by atoms with Crippen LogP contribution in [0.3, 0.4) is 0 Å². The largest absolute Gasteiger partial charge is 0.344 e. The van der Waals surface area contributed by atoms with E-state index in [-0.39, 0.29) is 0 Å². The molecule has 0 saturated carbocycles. The highest BCUT2D eigenvalue weighted by Gasteiger charge is 2.16. The molecule has 0 aromatic carbocycles. The third-order valence-corrected chi connectivity index (χ3v) is 5.33. The molecule has 0 atom stereocenters. The van der Waals surface area contributed by atoms with Crippen molar-refractivity contribution in [3.05, 3.63) is 45.4 Å². The molecule has 0 unspecified atom stereocenters. The van der Waals surface area contributed by atoms with E-state index in [0.29, 0.717) is 6.54 Å². The Kier molecular flexibility index (Phi) is 3.75. The van der Waals surface area contributed by atoms with Gasteiger partial charge in [-0.05, 0) is 23.0 Å². The molecule has 6 nitrogen and oxygen atoms in total. The van der Waals surface area contributed by atoms with Gasteiger partial charge >= 0.3 is 0 Å². The van der Waals surface area contributed by atoms with Crippen LogP contribution < -0.4 is 4.90 Å². The summed E-state index contributed by atoms with van der Waals surface area (Å²) >= 11 is 4.66. The molecule has 22 heavy (non-hydrogen) atoms. The molecule has 0 amide bonds. The van der Waals surface area contributed by atoms with Gasteiger partial charge in [-0.1, -0.05) is 4.49 Å². The molecule has 0 bridgehead atoms. The van der Waals surface area contributed by atoms with E-state index in [4.69, 9.17) is 0 Å². The van der Waals surface area contributed by atoms with Crippen LogP contribution in [0.25, 0.3) is 10.2 Å². The molecule has 9 heteroatoms. The molecule has 4 aromatic heterocycles. The van der Waals surface area contributed by atoms with Crippen molar-refractivity contribution in [3.8, 4) is 0 Å². The normalized spacial score (nSPS) is 11.1. The predicted molar refractivity (Wildman–Crippen MR) is 89.3 cm³/mol. The molecular weight excluding hydrogens is 336 g/mol. The van der Waals surface area contributed by atoms with E-state index in [9.17, 15) is 0 Å². The van der Waals surface area contributed by atoms with Crippen LogP contribution in [0.15, 0.2) is 34.9 Å². The third-order valence-electron chi connectivity index (χ3n) is 3.11. The van der Waals surface area contributed by atoms with Gasteiger partial charge in [0.15, 0.2) is 5.82 Å². The van der Waals surface area contributed by atoms with Crippen LogP contribution >= 0.6 is 34.2 Å². The van der Waals surface area contributed by atoms with Gasteiger partial charge in [0.2, 0.25) is 0 Å². The quantitative estimate of drug-likeness (QED) is 0.553. The van der Waals surface area contributed by atoms with E-state index < -0.39 is 0 Å². The van der Waals surface area contributed by atoms with Gasteiger partial charge in [0, 0.05) is 16.5 Å². The maximum Gasteiger partial charge on any atom is 0.150 e. The minimum Gasteiger partial charge on any atom is -0.344 e. The van der Waals surface area contributed by atoms with Crippen molar-refractivity contribution in [2.45, 2.75) is 13.1 Å². The summed E-state index contributed by atoms with van der Waals surface area (Å²) in [5.41, 5.74) is 3.76. The van der Waals surface area contributed by atoms with Gasteiger partial charge in [-0.15, -0.1) is 27.8 Å². The Balaban J connectivity index is 1.73. The van der Waals surface area contributed by atoms with E-state index >= 15 is 0 Å². The number of thiophene rings is 1. The molecule has 0 saturated heterocycles. The van der Waals surface area contributed by atoms with Gasteiger partial charge in [-0.2, -0.15) is 0 Å². The first kappa shape index (κ1) is 13.7. The van der Waals surface area contributed by atoms with Crippen molar-refractivity contribution < 1.29 is 0 Å². The molecule has 4 aromatic rings. The van der Waals surface area contributed by atoms with E-state index in [1.807, 2.05) is 28.5 Å². The first-order valence-electron chi connectivity index (χ1n) is 6.46. The van der Waals surface area contributed by atoms with Crippen LogP contribution in [-0.4, -0.2) is 24.5 Å². The Morgan fingerprint density at radius 3 is 2.95 bits per heavy atom. The number of thiazole rings is 1. The fourth-order valence-corrected chi connectivity index (χ4v) is 4.08. The van der Waals surface area contributed by atoms with Crippen LogP contribution in [0, 0.1) is 0 Å². The molecular formula is C13H10N6S3. The van der Waals surface area contributed by atoms with Crippen LogP contribution in [-0.2, 0) is 13.1 Å². The monoisotopic (exact) mass is 346 g/mol. The van der Waals surface area contributed by atoms with Gasteiger partial charge in [-0.3, -0.25) is 4.98 Å². The molecule has 0 aliphatic carbocycles.